The van der Waals surface area contributed by atoms with Gasteiger partial charge in [0.15, 0.2) is 0 Å². The monoisotopic (exact) mass is 309 g/mol. The fraction of sp³-hybridized carbons (Fsp3) is 0.231. The number of hydrogen-bond donors (Lipinski definition) is 1. The molecule has 0 saturated heterocycles. The molecule has 110 valence electrons. The minimum Gasteiger partial charge on any atom is -0.478 e. The van der Waals surface area contributed by atoms with E-state index in [1.54, 1.807) is 6.07 Å². The molecule has 0 amide bonds. The van der Waals surface area contributed by atoms with E-state index in [-0.39, 0.29) is 22.1 Å². The highest BCUT2D eigenvalue weighted by atomic mass is 35.5. The number of nitrogens with zero attached hydrogens (tertiary/aromatic N) is 3. The molecule has 8 heteroatoms. The van der Waals surface area contributed by atoms with Crippen LogP contribution in [0.3, 0.4) is 0 Å². The van der Waals surface area contributed by atoms with Crippen LogP contribution in [0.5, 0.6) is 0 Å². The second kappa shape index (κ2) is 5.92. The van der Waals surface area contributed by atoms with Crippen molar-refractivity contribution in [3.05, 3.63) is 50.8 Å². The van der Waals surface area contributed by atoms with E-state index >= 15 is 0 Å². The molecule has 7 nitrogen and oxygen atoms in total. The van der Waals surface area contributed by atoms with E-state index < -0.39 is 10.9 Å². The van der Waals surface area contributed by atoms with Crippen molar-refractivity contribution in [2.75, 3.05) is 0 Å². The molecule has 0 radical (unpaired) electrons. The van der Waals surface area contributed by atoms with Crippen molar-refractivity contribution in [3.63, 3.8) is 0 Å². The Hall–Kier alpha value is -2.41. The summed E-state index contributed by atoms with van der Waals surface area (Å²) in [6.45, 7) is 1.88. The first-order chi connectivity index (χ1) is 9.97. The van der Waals surface area contributed by atoms with Crippen molar-refractivity contribution in [1.82, 2.24) is 9.78 Å². The largest absolute Gasteiger partial charge is 0.478 e. The minimum absolute atomic E-state index is 0.114. The quantitative estimate of drug-likeness (QED) is 0.676. The molecule has 0 fully saturated rings. The highest BCUT2D eigenvalue weighted by Crippen LogP contribution is 2.29. The zero-order valence-electron chi connectivity index (χ0n) is 11.1. The summed E-state index contributed by atoms with van der Waals surface area (Å²) < 4.78 is 1.11. The average Bonchev–Trinajstić information content (AvgIpc) is 2.76. The Labute approximate surface area is 124 Å². The number of nitro groups is 1. The summed E-state index contributed by atoms with van der Waals surface area (Å²) in [7, 11) is 0. The highest BCUT2D eigenvalue weighted by molar-refractivity contribution is 6.33. The summed E-state index contributed by atoms with van der Waals surface area (Å²) in [5, 5.41) is 24.3. The molecule has 0 saturated carbocycles. The van der Waals surface area contributed by atoms with Crippen molar-refractivity contribution >= 4 is 23.3 Å². The van der Waals surface area contributed by atoms with Gasteiger partial charge in [-0.15, -0.1) is 0 Å². The van der Waals surface area contributed by atoms with Crippen LogP contribution in [0.4, 0.5) is 5.69 Å². The van der Waals surface area contributed by atoms with Crippen LogP contribution in [-0.4, -0.2) is 25.8 Å². The Morgan fingerprint density at radius 3 is 2.71 bits per heavy atom. The maximum absolute atomic E-state index is 11.3. The van der Waals surface area contributed by atoms with E-state index in [2.05, 4.69) is 5.10 Å². The van der Waals surface area contributed by atoms with Crippen LogP contribution in [0.2, 0.25) is 5.15 Å². The van der Waals surface area contributed by atoms with Gasteiger partial charge in [-0.2, -0.15) is 5.10 Å². The van der Waals surface area contributed by atoms with Gasteiger partial charge in [-0.1, -0.05) is 37.1 Å². The lowest BCUT2D eigenvalue weighted by molar-refractivity contribution is -0.384. The number of para-hydroxylation sites is 2. The molecule has 2 aromatic rings. The van der Waals surface area contributed by atoms with E-state index in [0.717, 1.165) is 4.68 Å². The number of rotatable bonds is 5. The minimum atomic E-state index is -1.20. The molecule has 0 spiro atoms. The van der Waals surface area contributed by atoms with Gasteiger partial charge in [-0.25, -0.2) is 9.48 Å². The van der Waals surface area contributed by atoms with E-state index in [9.17, 15) is 20.0 Å². The fourth-order valence-corrected chi connectivity index (χ4v) is 2.34. The van der Waals surface area contributed by atoms with Crippen molar-refractivity contribution in [2.45, 2.75) is 19.8 Å². The van der Waals surface area contributed by atoms with Crippen molar-refractivity contribution in [2.24, 2.45) is 0 Å². The molecule has 2 rings (SSSR count). The van der Waals surface area contributed by atoms with Crippen LogP contribution >= 0.6 is 11.6 Å². The summed E-state index contributed by atoms with van der Waals surface area (Å²) in [4.78, 5) is 21.8. The zero-order valence-corrected chi connectivity index (χ0v) is 11.9. The zero-order chi connectivity index (χ0) is 15.6. The predicted molar refractivity (Wildman–Crippen MR) is 76.2 cm³/mol. The van der Waals surface area contributed by atoms with Gasteiger partial charge < -0.3 is 5.11 Å². The average molecular weight is 310 g/mol. The lowest BCUT2D eigenvalue weighted by Gasteiger charge is -2.03. The number of carboxylic acid groups (broad SMARTS) is 1. The first-order valence-electron chi connectivity index (χ1n) is 6.21. The van der Waals surface area contributed by atoms with Crippen molar-refractivity contribution in [1.29, 1.82) is 0 Å². The molecule has 0 aliphatic carbocycles. The summed E-state index contributed by atoms with van der Waals surface area (Å²) in [5.41, 5.74) is 0.143. The molecule has 1 aromatic heterocycles. The maximum atomic E-state index is 11.3. The fourth-order valence-electron chi connectivity index (χ4n) is 2.02. The topological polar surface area (TPSA) is 98.3 Å². The number of halogens is 1. The molecule has 1 aromatic carbocycles. The smallest absolute Gasteiger partial charge is 0.340 e. The normalized spacial score (nSPS) is 10.6. The van der Waals surface area contributed by atoms with Crippen molar-refractivity contribution < 1.29 is 14.8 Å². The maximum Gasteiger partial charge on any atom is 0.340 e. The third-order valence-corrected chi connectivity index (χ3v) is 3.26. The number of aromatic nitrogens is 2. The van der Waals surface area contributed by atoms with E-state index in [1.165, 1.54) is 18.2 Å². The first-order valence-corrected chi connectivity index (χ1v) is 6.59. The van der Waals surface area contributed by atoms with E-state index in [4.69, 9.17) is 11.6 Å². The van der Waals surface area contributed by atoms with Gasteiger partial charge in [0.05, 0.1) is 10.6 Å². The van der Waals surface area contributed by atoms with Crippen LogP contribution < -0.4 is 0 Å². The number of aromatic carboxylic acids is 1. The van der Waals surface area contributed by atoms with E-state index in [1.807, 2.05) is 6.92 Å². The Balaban J connectivity index is 2.68. The third-order valence-electron chi connectivity index (χ3n) is 2.91. The Morgan fingerprint density at radius 2 is 2.14 bits per heavy atom. The highest BCUT2D eigenvalue weighted by Gasteiger charge is 2.25. The molecular formula is C13H12ClN3O4. The number of aryl methyl sites for hydroxylation is 1. The summed E-state index contributed by atoms with van der Waals surface area (Å²) in [6.07, 6.45) is 1.11. The van der Waals surface area contributed by atoms with Crippen molar-refractivity contribution in [3.8, 4) is 5.69 Å². The van der Waals surface area contributed by atoms with Gasteiger partial charge in [0, 0.05) is 6.07 Å². The number of carbonyl (C=O) groups is 1. The van der Waals surface area contributed by atoms with Gasteiger partial charge in [0.2, 0.25) is 0 Å². The van der Waals surface area contributed by atoms with Gasteiger partial charge >= 0.3 is 5.97 Å². The van der Waals surface area contributed by atoms with Gasteiger partial charge in [0.1, 0.15) is 16.4 Å². The SMILES string of the molecule is CCCc1nn(-c2ccccc2[N+](=O)[O-])c(Cl)c1C(=O)O. The summed E-state index contributed by atoms with van der Waals surface area (Å²) >= 11 is 6.07. The molecule has 0 aliphatic heterocycles. The number of benzene rings is 1. The summed E-state index contributed by atoms with van der Waals surface area (Å²) in [6, 6.07) is 5.90. The van der Waals surface area contributed by atoms with Gasteiger partial charge in [-0.3, -0.25) is 10.1 Å². The van der Waals surface area contributed by atoms with Crippen LogP contribution in [0.15, 0.2) is 24.3 Å². The third kappa shape index (κ3) is 2.73. The van der Waals surface area contributed by atoms with Crippen LogP contribution in [-0.2, 0) is 6.42 Å². The molecular weight excluding hydrogens is 298 g/mol. The Bertz CT molecular complexity index is 711. The lowest BCUT2D eigenvalue weighted by Crippen LogP contribution is -2.02. The second-order valence-electron chi connectivity index (χ2n) is 4.33. The molecule has 0 atom stereocenters. The van der Waals surface area contributed by atoms with Crippen LogP contribution in [0.1, 0.15) is 29.4 Å². The van der Waals surface area contributed by atoms with Gasteiger partial charge in [-0.05, 0) is 12.5 Å². The number of nitro benzene ring substituents is 1. The van der Waals surface area contributed by atoms with Gasteiger partial charge in [0.25, 0.3) is 5.69 Å². The Kier molecular flexibility index (Phi) is 4.23. The molecule has 1 heterocycles. The Morgan fingerprint density at radius 1 is 1.48 bits per heavy atom. The second-order valence-corrected chi connectivity index (χ2v) is 4.68. The molecule has 21 heavy (non-hydrogen) atoms. The lowest BCUT2D eigenvalue weighted by atomic mass is 10.2. The standard InChI is InChI=1S/C13H12ClN3O4/c1-2-5-8-11(13(18)19)12(14)16(15-8)9-6-3-4-7-10(9)17(20)21/h3-4,6-7H,2,5H2,1H3,(H,18,19). The number of hydrogen-bond acceptors (Lipinski definition) is 4. The first kappa shape index (κ1) is 15.0. The summed E-state index contributed by atoms with van der Waals surface area (Å²) in [5.74, 6) is -1.20. The van der Waals surface area contributed by atoms with E-state index in [0.29, 0.717) is 18.5 Å². The predicted octanol–water partition coefficient (Wildman–Crippen LogP) is 3.08. The molecule has 0 unspecified atom stereocenters. The van der Waals surface area contributed by atoms with Crippen LogP contribution in [0, 0.1) is 10.1 Å². The molecule has 0 aliphatic rings. The number of carboxylic acids is 1. The van der Waals surface area contributed by atoms with Crippen LogP contribution in [0.25, 0.3) is 5.69 Å². The molecule has 1 N–H and O–H groups in total. The molecule has 0 bridgehead atoms.